The number of carbonyl (C=O) groups is 2. The molecule has 0 saturated carbocycles. The summed E-state index contributed by atoms with van der Waals surface area (Å²) >= 11 is 0. The van der Waals surface area contributed by atoms with E-state index in [1.54, 1.807) is 0 Å². The minimum absolute atomic E-state index is 0.137. The molecule has 2 aromatic carbocycles. The Morgan fingerprint density at radius 2 is 1.58 bits per heavy atom. The predicted molar refractivity (Wildman–Crippen MR) is 103 cm³/mol. The summed E-state index contributed by atoms with van der Waals surface area (Å²) in [6.07, 6.45) is 0.0400. The lowest BCUT2D eigenvalue weighted by Crippen LogP contribution is -2.27. The van der Waals surface area contributed by atoms with Gasteiger partial charge in [-0.1, -0.05) is 63.2 Å². The number of hydrogen-bond acceptors (Lipinski definition) is 4. The van der Waals surface area contributed by atoms with Crippen molar-refractivity contribution in [1.82, 2.24) is 0 Å². The van der Waals surface area contributed by atoms with Gasteiger partial charge in [0.15, 0.2) is 0 Å². The van der Waals surface area contributed by atoms with Crippen molar-refractivity contribution in [2.45, 2.75) is 46.6 Å². The van der Waals surface area contributed by atoms with E-state index in [0.717, 1.165) is 16.3 Å². The van der Waals surface area contributed by atoms with E-state index in [0.29, 0.717) is 0 Å². The molecule has 0 unspecified atom stereocenters. The topological polar surface area (TPSA) is 52.6 Å². The summed E-state index contributed by atoms with van der Waals surface area (Å²) in [7, 11) is 1.36. The number of carbonyl (C=O) groups excluding carboxylic acids is 2. The van der Waals surface area contributed by atoms with Crippen LogP contribution in [0.2, 0.25) is 0 Å². The number of benzene rings is 2. The molecule has 0 bridgehead atoms. The van der Waals surface area contributed by atoms with Crippen LogP contribution >= 0.6 is 0 Å². The van der Waals surface area contributed by atoms with Gasteiger partial charge in [0.25, 0.3) is 0 Å². The van der Waals surface area contributed by atoms with Gasteiger partial charge in [0.05, 0.1) is 7.11 Å². The van der Waals surface area contributed by atoms with Crippen LogP contribution in [0.25, 0.3) is 10.8 Å². The van der Waals surface area contributed by atoms with Gasteiger partial charge in [-0.05, 0) is 34.6 Å². The van der Waals surface area contributed by atoms with Crippen LogP contribution in [0.1, 0.15) is 52.2 Å². The molecule has 0 spiro atoms. The molecule has 4 heteroatoms. The molecule has 0 aromatic heterocycles. The van der Waals surface area contributed by atoms with Crippen molar-refractivity contribution in [3.05, 3.63) is 48.0 Å². The molecule has 2 atom stereocenters. The molecule has 2 rings (SSSR count). The summed E-state index contributed by atoms with van der Waals surface area (Å²) in [6.45, 7) is 7.93. The van der Waals surface area contributed by atoms with Crippen molar-refractivity contribution >= 4 is 22.7 Å². The standard InChI is InChI=1S/C22H28O4/c1-15(18-12-8-10-16-9-6-7-11-19(16)18)26-21(24)14-17(22(2,3)4)13-20(23)25-5/h6-12,15,17H,13-14H2,1-5H3/t15-,17-/m0/s1. The van der Waals surface area contributed by atoms with Gasteiger partial charge in [-0.2, -0.15) is 0 Å². The third-order valence-corrected chi connectivity index (χ3v) is 4.85. The van der Waals surface area contributed by atoms with E-state index in [2.05, 4.69) is 0 Å². The average Bonchev–Trinajstić information content (AvgIpc) is 2.59. The quantitative estimate of drug-likeness (QED) is 0.679. The zero-order valence-corrected chi connectivity index (χ0v) is 16.2. The lowest BCUT2D eigenvalue weighted by molar-refractivity contribution is -0.152. The van der Waals surface area contributed by atoms with Gasteiger partial charge < -0.3 is 9.47 Å². The van der Waals surface area contributed by atoms with Crippen LogP contribution in [-0.2, 0) is 19.1 Å². The number of fused-ring (bicyclic) bond motifs is 1. The summed E-state index contributed by atoms with van der Waals surface area (Å²) in [5.74, 6) is -0.740. The first kappa shape index (κ1) is 20.0. The second-order valence-corrected chi connectivity index (χ2v) is 7.75. The van der Waals surface area contributed by atoms with Gasteiger partial charge in [0, 0.05) is 12.8 Å². The SMILES string of the molecule is COC(=O)C[C@@H](CC(=O)O[C@@H](C)c1cccc2ccccc12)C(C)(C)C. The molecule has 0 heterocycles. The predicted octanol–water partition coefficient (Wildman–Crippen LogP) is 5.06. The number of methoxy groups -OCH3 is 1. The zero-order valence-electron chi connectivity index (χ0n) is 16.2. The molecule has 0 aliphatic heterocycles. The van der Waals surface area contributed by atoms with Crippen LogP contribution in [0.4, 0.5) is 0 Å². The highest BCUT2D eigenvalue weighted by molar-refractivity contribution is 5.86. The minimum Gasteiger partial charge on any atom is -0.469 e. The normalized spacial score (nSPS) is 13.9. The first-order valence-electron chi connectivity index (χ1n) is 8.96. The monoisotopic (exact) mass is 356 g/mol. The molecule has 4 nitrogen and oxygen atoms in total. The number of esters is 2. The average molecular weight is 356 g/mol. The Morgan fingerprint density at radius 3 is 2.23 bits per heavy atom. The fourth-order valence-corrected chi connectivity index (χ4v) is 3.08. The fourth-order valence-electron chi connectivity index (χ4n) is 3.08. The van der Waals surface area contributed by atoms with Crippen LogP contribution in [0.15, 0.2) is 42.5 Å². The Hall–Kier alpha value is -2.36. The van der Waals surface area contributed by atoms with E-state index in [1.807, 2.05) is 70.2 Å². The Bertz CT molecular complexity index is 768. The highest BCUT2D eigenvalue weighted by atomic mass is 16.5. The van der Waals surface area contributed by atoms with E-state index in [9.17, 15) is 9.59 Å². The van der Waals surface area contributed by atoms with Gasteiger partial charge >= 0.3 is 11.9 Å². The van der Waals surface area contributed by atoms with E-state index in [4.69, 9.17) is 9.47 Å². The van der Waals surface area contributed by atoms with Crippen molar-refractivity contribution in [3.8, 4) is 0 Å². The van der Waals surface area contributed by atoms with Crippen LogP contribution in [0.5, 0.6) is 0 Å². The third kappa shape index (κ3) is 5.07. The molecule has 0 amide bonds. The molecule has 2 aromatic rings. The van der Waals surface area contributed by atoms with Gasteiger partial charge in [-0.25, -0.2) is 0 Å². The van der Waals surface area contributed by atoms with Crippen molar-refractivity contribution in [3.63, 3.8) is 0 Å². The van der Waals surface area contributed by atoms with Crippen molar-refractivity contribution in [2.75, 3.05) is 7.11 Å². The van der Waals surface area contributed by atoms with Crippen LogP contribution < -0.4 is 0 Å². The lowest BCUT2D eigenvalue weighted by Gasteiger charge is -2.29. The smallest absolute Gasteiger partial charge is 0.306 e. The molecule has 0 N–H and O–H groups in total. The molecule has 140 valence electrons. The number of rotatable bonds is 6. The molecular formula is C22H28O4. The third-order valence-electron chi connectivity index (χ3n) is 4.85. The highest BCUT2D eigenvalue weighted by Gasteiger charge is 2.30. The van der Waals surface area contributed by atoms with Crippen molar-refractivity contribution in [2.24, 2.45) is 11.3 Å². The minimum atomic E-state index is -0.354. The van der Waals surface area contributed by atoms with E-state index >= 15 is 0 Å². The van der Waals surface area contributed by atoms with Gasteiger partial charge in [0.1, 0.15) is 6.10 Å². The molecule has 0 fully saturated rings. The van der Waals surface area contributed by atoms with Gasteiger partial charge in [-0.15, -0.1) is 0 Å². The molecular weight excluding hydrogens is 328 g/mol. The maximum atomic E-state index is 12.5. The summed E-state index contributed by atoms with van der Waals surface area (Å²) in [4.78, 5) is 24.2. The van der Waals surface area contributed by atoms with Crippen LogP contribution in [0.3, 0.4) is 0 Å². The Morgan fingerprint density at radius 1 is 0.962 bits per heavy atom. The van der Waals surface area contributed by atoms with Crippen molar-refractivity contribution < 1.29 is 19.1 Å². The molecule has 0 saturated heterocycles. The van der Waals surface area contributed by atoms with Crippen LogP contribution in [-0.4, -0.2) is 19.0 Å². The van der Waals surface area contributed by atoms with Crippen LogP contribution in [0, 0.1) is 11.3 Å². The second kappa shape index (κ2) is 8.35. The van der Waals surface area contributed by atoms with E-state index in [1.165, 1.54) is 7.11 Å². The number of hydrogen-bond donors (Lipinski definition) is 0. The first-order valence-corrected chi connectivity index (χ1v) is 8.96. The molecule has 0 aliphatic rings. The maximum Gasteiger partial charge on any atom is 0.306 e. The molecule has 26 heavy (non-hydrogen) atoms. The summed E-state index contributed by atoms with van der Waals surface area (Å²) in [5, 5.41) is 2.20. The zero-order chi connectivity index (χ0) is 19.3. The fraction of sp³-hybridized carbons (Fsp3) is 0.455. The molecule has 0 radical (unpaired) electrons. The first-order chi connectivity index (χ1) is 12.2. The highest BCUT2D eigenvalue weighted by Crippen LogP contribution is 2.33. The van der Waals surface area contributed by atoms with E-state index in [-0.39, 0.29) is 42.2 Å². The Labute approximate surface area is 155 Å². The van der Waals surface area contributed by atoms with E-state index < -0.39 is 0 Å². The number of ether oxygens (including phenoxy) is 2. The largest absolute Gasteiger partial charge is 0.469 e. The maximum absolute atomic E-state index is 12.5. The Balaban J connectivity index is 2.11. The van der Waals surface area contributed by atoms with Crippen molar-refractivity contribution in [1.29, 1.82) is 0 Å². The van der Waals surface area contributed by atoms with Gasteiger partial charge in [0.2, 0.25) is 0 Å². The summed E-state index contributed by atoms with van der Waals surface area (Å²) in [5.41, 5.74) is 0.785. The second-order valence-electron chi connectivity index (χ2n) is 7.75. The molecule has 0 aliphatic carbocycles. The Kier molecular flexibility index (Phi) is 6.41. The lowest BCUT2D eigenvalue weighted by atomic mass is 9.77. The van der Waals surface area contributed by atoms with Gasteiger partial charge in [-0.3, -0.25) is 9.59 Å². The summed E-state index contributed by atoms with van der Waals surface area (Å²) in [6, 6.07) is 14.0. The summed E-state index contributed by atoms with van der Waals surface area (Å²) < 4.78 is 10.5.